The van der Waals surface area contributed by atoms with Gasteiger partial charge in [-0.1, -0.05) is 43.0 Å². The lowest BCUT2D eigenvalue weighted by molar-refractivity contribution is -0.128. The number of hydrogen-bond acceptors (Lipinski definition) is 2. The van der Waals surface area contributed by atoms with Crippen LogP contribution in [0.1, 0.15) is 50.5 Å². The van der Waals surface area contributed by atoms with Crippen LogP contribution in [0.15, 0.2) is 24.3 Å². The smallest absolute Gasteiger partial charge is 0.224 e. The minimum Gasteiger partial charge on any atom is -0.346 e. The molecule has 2 atom stereocenters. The van der Waals surface area contributed by atoms with E-state index >= 15 is 0 Å². The van der Waals surface area contributed by atoms with Crippen molar-refractivity contribution in [2.75, 3.05) is 6.54 Å². The summed E-state index contributed by atoms with van der Waals surface area (Å²) in [4.78, 5) is 12.8. The van der Waals surface area contributed by atoms with Gasteiger partial charge in [-0.3, -0.25) is 4.79 Å². The number of benzene rings is 1. The third-order valence-electron chi connectivity index (χ3n) is 5.50. The van der Waals surface area contributed by atoms with Crippen molar-refractivity contribution in [2.45, 2.75) is 50.5 Å². The number of halogens is 1. The number of rotatable bonds is 4. The molecule has 120 valence electrons. The Morgan fingerprint density at radius 1 is 1.27 bits per heavy atom. The first kappa shape index (κ1) is 15.8. The fourth-order valence-corrected chi connectivity index (χ4v) is 4.43. The highest BCUT2D eigenvalue weighted by Crippen LogP contribution is 2.41. The van der Waals surface area contributed by atoms with E-state index < -0.39 is 0 Å². The molecule has 1 aromatic rings. The number of hydrogen-bond donors (Lipinski definition) is 2. The predicted octanol–water partition coefficient (Wildman–Crippen LogP) is 3.60. The van der Waals surface area contributed by atoms with E-state index in [1.54, 1.807) is 0 Å². The van der Waals surface area contributed by atoms with Gasteiger partial charge < -0.3 is 11.1 Å². The molecule has 0 radical (unpaired) electrons. The number of amides is 1. The third-order valence-corrected chi connectivity index (χ3v) is 5.73. The molecule has 0 aromatic heterocycles. The molecule has 0 bridgehead atoms. The van der Waals surface area contributed by atoms with Crippen molar-refractivity contribution < 1.29 is 4.79 Å². The molecule has 0 spiro atoms. The Morgan fingerprint density at radius 2 is 2.05 bits per heavy atom. The van der Waals surface area contributed by atoms with Crippen LogP contribution in [0, 0.1) is 11.8 Å². The molecule has 2 aliphatic carbocycles. The molecule has 0 unspecified atom stereocenters. The number of nitrogens with one attached hydrogen (secondary N) is 1. The molecule has 3 rings (SSSR count). The first-order valence-corrected chi connectivity index (χ1v) is 8.80. The van der Waals surface area contributed by atoms with E-state index in [0.717, 1.165) is 55.5 Å². The molecule has 0 saturated heterocycles. The predicted molar refractivity (Wildman–Crippen MR) is 89.6 cm³/mol. The summed E-state index contributed by atoms with van der Waals surface area (Å²) >= 11 is 6.17. The van der Waals surface area contributed by atoms with Crippen molar-refractivity contribution >= 4 is 17.5 Å². The van der Waals surface area contributed by atoms with Crippen LogP contribution in [0.25, 0.3) is 0 Å². The van der Waals surface area contributed by atoms with Crippen molar-refractivity contribution in [2.24, 2.45) is 17.6 Å². The second-order valence-corrected chi connectivity index (χ2v) is 7.26. The summed E-state index contributed by atoms with van der Waals surface area (Å²) < 4.78 is 0. The molecular formula is C18H25ClN2O. The highest BCUT2D eigenvalue weighted by Gasteiger charge is 2.40. The Labute approximate surface area is 137 Å². The number of nitrogens with two attached hydrogens (primary N) is 1. The molecule has 2 fully saturated rings. The SMILES string of the molecule is NC[C@H]1CCC[C@H]1C(=O)NC1(c2cccc(Cl)c2)CCCC1. The second-order valence-electron chi connectivity index (χ2n) is 6.82. The van der Waals surface area contributed by atoms with Gasteiger partial charge in [-0.15, -0.1) is 0 Å². The van der Waals surface area contributed by atoms with Crippen LogP contribution in [0.3, 0.4) is 0 Å². The molecule has 1 aromatic carbocycles. The average Bonchev–Trinajstić information content (AvgIpc) is 3.16. The maximum absolute atomic E-state index is 12.8. The minimum atomic E-state index is -0.232. The van der Waals surface area contributed by atoms with Gasteiger partial charge in [0.15, 0.2) is 0 Å². The molecule has 3 nitrogen and oxygen atoms in total. The van der Waals surface area contributed by atoms with Crippen molar-refractivity contribution in [1.82, 2.24) is 5.32 Å². The van der Waals surface area contributed by atoms with Gasteiger partial charge in [0.2, 0.25) is 5.91 Å². The first-order chi connectivity index (χ1) is 10.6. The molecule has 4 heteroatoms. The lowest BCUT2D eigenvalue weighted by atomic mass is 9.86. The van der Waals surface area contributed by atoms with Crippen LogP contribution in [0.4, 0.5) is 0 Å². The standard InChI is InChI=1S/C18H25ClN2O/c19-15-7-4-6-14(11-15)18(9-1-2-10-18)21-17(22)16-8-3-5-13(16)12-20/h4,6-7,11,13,16H,1-3,5,8-10,12,20H2,(H,21,22)/t13-,16-/m1/s1. The molecule has 0 aliphatic heterocycles. The largest absolute Gasteiger partial charge is 0.346 e. The molecule has 22 heavy (non-hydrogen) atoms. The van der Waals surface area contributed by atoms with Gasteiger partial charge in [0.25, 0.3) is 0 Å². The Bertz CT molecular complexity index is 540. The van der Waals surface area contributed by atoms with E-state index in [1.165, 1.54) is 0 Å². The van der Waals surface area contributed by atoms with Crippen molar-refractivity contribution in [3.63, 3.8) is 0 Å². The van der Waals surface area contributed by atoms with E-state index in [4.69, 9.17) is 17.3 Å². The summed E-state index contributed by atoms with van der Waals surface area (Å²) in [6, 6.07) is 7.95. The fraction of sp³-hybridized carbons (Fsp3) is 0.611. The quantitative estimate of drug-likeness (QED) is 0.890. The van der Waals surface area contributed by atoms with Crippen molar-refractivity contribution in [1.29, 1.82) is 0 Å². The maximum Gasteiger partial charge on any atom is 0.224 e. The Kier molecular flexibility index (Phi) is 4.74. The molecule has 3 N–H and O–H groups in total. The van der Waals surface area contributed by atoms with Crippen LogP contribution in [-0.2, 0) is 10.3 Å². The lowest BCUT2D eigenvalue weighted by Crippen LogP contribution is -2.47. The summed E-state index contributed by atoms with van der Waals surface area (Å²) in [5.41, 5.74) is 6.75. The second kappa shape index (κ2) is 6.59. The van der Waals surface area contributed by atoms with E-state index in [0.29, 0.717) is 12.5 Å². The molecule has 0 heterocycles. The van der Waals surface area contributed by atoms with Gasteiger partial charge in [-0.05, 0) is 55.8 Å². The first-order valence-electron chi connectivity index (χ1n) is 8.43. The fourth-order valence-electron chi connectivity index (χ4n) is 4.24. The highest BCUT2D eigenvalue weighted by atomic mass is 35.5. The van der Waals surface area contributed by atoms with Gasteiger partial charge >= 0.3 is 0 Å². The monoisotopic (exact) mass is 320 g/mol. The van der Waals surface area contributed by atoms with Gasteiger partial charge in [0.1, 0.15) is 0 Å². The summed E-state index contributed by atoms with van der Waals surface area (Å²) in [6.45, 7) is 0.613. The zero-order valence-corrected chi connectivity index (χ0v) is 13.7. The zero-order chi connectivity index (χ0) is 15.6. The minimum absolute atomic E-state index is 0.0849. The van der Waals surface area contributed by atoms with Crippen molar-refractivity contribution in [3.05, 3.63) is 34.9 Å². The number of carbonyl (C=O) groups is 1. The molecule has 2 aliphatic rings. The summed E-state index contributed by atoms with van der Waals surface area (Å²) in [6.07, 6.45) is 7.47. The van der Waals surface area contributed by atoms with Crippen molar-refractivity contribution in [3.8, 4) is 0 Å². The van der Waals surface area contributed by atoms with Gasteiger partial charge in [-0.2, -0.15) is 0 Å². The maximum atomic E-state index is 12.8. The molecular weight excluding hydrogens is 296 g/mol. The van der Waals surface area contributed by atoms with E-state index in [1.807, 2.05) is 18.2 Å². The normalized spacial score (nSPS) is 27.0. The lowest BCUT2D eigenvalue weighted by Gasteiger charge is -2.33. The molecule has 2 saturated carbocycles. The summed E-state index contributed by atoms with van der Waals surface area (Å²) in [7, 11) is 0. The number of carbonyl (C=O) groups excluding carboxylic acids is 1. The zero-order valence-electron chi connectivity index (χ0n) is 13.0. The van der Waals surface area contributed by atoms with Gasteiger partial charge in [-0.25, -0.2) is 0 Å². The van der Waals surface area contributed by atoms with Gasteiger partial charge in [0.05, 0.1) is 5.54 Å². The van der Waals surface area contributed by atoms with Crippen LogP contribution in [-0.4, -0.2) is 12.5 Å². The highest BCUT2D eigenvalue weighted by molar-refractivity contribution is 6.30. The average molecular weight is 321 g/mol. The van der Waals surface area contributed by atoms with Crippen LogP contribution in [0.2, 0.25) is 5.02 Å². The molecule has 1 amide bonds. The van der Waals surface area contributed by atoms with E-state index in [2.05, 4.69) is 11.4 Å². The Hall–Kier alpha value is -1.06. The summed E-state index contributed by atoms with van der Waals surface area (Å²) in [5, 5.41) is 4.12. The topological polar surface area (TPSA) is 55.1 Å². The van der Waals surface area contributed by atoms with E-state index in [-0.39, 0.29) is 17.4 Å². The van der Waals surface area contributed by atoms with Crippen LogP contribution in [0.5, 0.6) is 0 Å². The van der Waals surface area contributed by atoms with Gasteiger partial charge in [0, 0.05) is 10.9 Å². The third kappa shape index (κ3) is 3.02. The van der Waals surface area contributed by atoms with Crippen LogP contribution < -0.4 is 11.1 Å². The Morgan fingerprint density at radius 3 is 2.73 bits per heavy atom. The Balaban J connectivity index is 1.81. The van der Waals surface area contributed by atoms with E-state index in [9.17, 15) is 4.79 Å². The summed E-state index contributed by atoms with van der Waals surface area (Å²) in [5.74, 6) is 0.620. The van der Waals surface area contributed by atoms with Crippen LogP contribution >= 0.6 is 11.6 Å².